The van der Waals surface area contributed by atoms with Crippen molar-refractivity contribution in [1.82, 2.24) is 5.32 Å². The second-order valence-electron chi connectivity index (χ2n) is 2.16. The molecule has 0 saturated heterocycles. The van der Waals surface area contributed by atoms with Crippen LogP contribution in [0.3, 0.4) is 0 Å². The molecule has 1 heterocycles. The lowest BCUT2D eigenvalue weighted by molar-refractivity contribution is 1.01. The van der Waals surface area contributed by atoms with Crippen molar-refractivity contribution in [2.75, 3.05) is 5.75 Å². The van der Waals surface area contributed by atoms with E-state index in [0.29, 0.717) is 0 Å². The van der Waals surface area contributed by atoms with Gasteiger partial charge in [0, 0.05) is 11.4 Å². The van der Waals surface area contributed by atoms with E-state index in [1.807, 2.05) is 12.3 Å². The quantitative estimate of drug-likeness (QED) is 0.427. The summed E-state index contributed by atoms with van der Waals surface area (Å²) in [4.78, 5) is 0. The number of amidine groups is 1. The molecule has 4 N–H and O–H groups in total. The van der Waals surface area contributed by atoms with Crippen LogP contribution in [0.4, 0.5) is 0 Å². The third-order valence-electron chi connectivity index (χ3n) is 1.27. The summed E-state index contributed by atoms with van der Waals surface area (Å²) in [6.45, 7) is 0. The van der Waals surface area contributed by atoms with E-state index < -0.39 is 0 Å². The molecule has 4 heteroatoms. The van der Waals surface area contributed by atoms with Gasteiger partial charge in [-0.15, -0.1) is 0 Å². The summed E-state index contributed by atoms with van der Waals surface area (Å²) in [7, 11) is 0. The van der Waals surface area contributed by atoms with Crippen LogP contribution in [0, 0.1) is 5.41 Å². The second kappa shape index (κ2) is 4.08. The molecule has 1 aliphatic heterocycles. The number of nitrogens with one attached hydrogen (secondary N) is 2. The largest absolute Gasteiger partial charge is 0.379 e. The number of hydrogen-bond acceptors (Lipinski definition) is 3. The first-order valence-corrected chi connectivity index (χ1v) is 4.35. The van der Waals surface area contributed by atoms with E-state index in [1.54, 1.807) is 0 Å². The summed E-state index contributed by atoms with van der Waals surface area (Å²) in [6, 6.07) is 0. The van der Waals surface area contributed by atoms with Crippen LogP contribution >= 0.6 is 11.8 Å². The molecule has 0 aliphatic carbocycles. The zero-order valence-electron chi connectivity index (χ0n) is 6.13. The van der Waals surface area contributed by atoms with E-state index in [1.165, 1.54) is 11.8 Å². The maximum atomic E-state index is 6.98. The lowest BCUT2D eigenvalue weighted by atomic mass is 10.3. The second-order valence-corrected chi connectivity index (χ2v) is 3.18. The number of rotatable bonds is 2. The van der Waals surface area contributed by atoms with Gasteiger partial charge >= 0.3 is 0 Å². The zero-order valence-corrected chi connectivity index (χ0v) is 6.95. The molecule has 3 nitrogen and oxygen atoms in total. The van der Waals surface area contributed by atoms with Crippen molar-refractivity contribution in [2.45, 2.75) is 6.42 Å². The lowest BCUT2D eigenvalue weighted by Gasteiger charge is -2.08. The molecule has 0 unspecified atom stereocenters. The molecule has 0 fully saturated rings. The van der Waals surface area contributed by atoms with Gasteiger partial charge in [0.15, 0.2) is 5.17 Å². The van der Waals surface area contributed by atoms with Gasteiger partial charge < -0.3 is 11.1 Å². The van der Waals surface area contributed by atoms with E-state index >= 15 is 0 Å². The number of allylic oxidation sites excluding steroid dienone is 2. The van der Waals surface area contributed by atoms with Crippen LogP contribution in [-0.4, -0.2) is 10.9 Å². The predicted molar refractivity (Wildman–Crippen MR) is 49.3 cm³/mol. The normalized spacial score (nSPS) is 15.5. The van der Waals surface area contributed by atoms with Crippen molar-refractivity contribution in [3.05, 3.63) is 24.0 Å². The molecular formula is C7H11N3S. The zero-order chi connectivity index (χ0) is 8.10. The number of hydrogen-bond donors (Lipinski definition) is 3. The maximum absolute atomic E-state index is 6.98. The lowest BCUT2D eigenvalue weighted by Crippen LogP contribution is -2.13. The third kappa shape index (κ3) is 3.13. The van der Waals surface area contributed by atoms with Gasteiger partial charge in [0.2, 0.25) is 0 Å². The molecule has 0 bridgehead atoms. The van der Waals surface area contributed by atoms with Crippen LogP contribution in [0.25, 0.3) is 0 Å². The summed E-state index contributed by atoms with van der Waals surface area (Å²) < 4.78 is 0. The van der Waals surface area contributed by atoms with Crippen LogP contribution in [0.5, 0.6) is 0 Å². The Bertz CT molecular complexity index is 208. The molecule has 0 saturated carbocycles. The van der Waals surface area contributed by atoms with Gasteiger partial charge in [-0.1, -0.05) is 23.9 Å². The van der Waals surface area contributed by atoms with Crippen molar-refractivity contribution in [1.29, 1.82) is 5.41 Å². The van der Waals surface area contributed by atoms with Crippen molar-refractivity contribution < 1.29 is 0 Å². The summed E-state index contributed by atoms with van der Waals surface area (Å²) in [5.41, 5.74) is 6.31. The Hall–Kier alpha value is -0.900. The fraction of sp³-hybridized carbons (Fsp3) is 0.286. The SMILES string of the molecule is N=C(N)SCC1=CCC=CN1. The average molecular weight is 169 g/mol. The van der Waals surface area contributed by atoms with Crippen LogP contribution in [0.2, 0.25) is 0 Å². The highest BCUT2D eigenvalue weighted by atomic mass is 32.2. The van der Waals surface area contributed by atoms with Crippen molar-refractivity contribution in [3.63, 3.8) is 0 Å². The van der Waals surface area contributed by atoms with E-state index in [0.717, 1.165) is 17.9 Å². The fourth-order valence-corrected chi connectivity index (χ4v) is 1.27. The molecule has 60 valence electrons. The Morgan fingerprint density at radius 1 is 1.82 bits per heavy atom. The Morgan fingerprint density at radius 2 is 2.64 bits per heavy atom. The molecule has 0 atom stereocenters. The first-order chi connectivity index (χ1) is 5.29. The van der Waals surface area contributed by atoms with Gasteiger partial charge in [-0.2, -0.15) is 0 Å². The average Bonchev–Trinajstić information content (AvgIpc) is 2.03. The summed E-state index contributed by atoms with van der Waals surface area (Å²) in [6.07, 6.45) is 7.02. The minimum atomic E-state index is 0.169. The topological polar surface area (TPSA) is 61.9 Å². The van der Waals surface area contributed by atoms with Crippen molar-refractivity contribution >= 4 is 16.9 Å². The third-order valence-corrected chi connectivity index (χ3v) is 2.04. The van der Waals surface area contributed by atoms with Gasteiger partial charge in [0.25, 0.3) is 0 Å². The minimum Gasteiger partial charge on any atom is -0.379 e. The van der Waals surface area contributed by atoms with E-state index in [4.69, 9.17) is 11.1 Å². The van der Waals surface area contributed by atoms with Crippen molar-refractivity contribution in [2.24, 2.45) is 5.73 Å². The molecule has 11 heavy (non-hydrogen) atoms. The van der Waals surface area contributed by atoms with Gasteiger partial charge in [-0.25, -0.2) is 0 Å². The molecule has 0 aromatic rings. The molecule has 1 rings (SSSR count). The van der Waals surface area contributed by atoms with Gasteiger partial charge in [-0.3, -0.25) is 5.41 Å². The molecule has 0 amide bonds. The standard InChI is InChI=1S/C7H11N3S/c8-7(9)11-5-6-3-1-2-4-10-6/h2-4,10H,1,5H2,(H3,8,9). The number of dihydropyridines is 1. The number of thioether (sulfide) groups is 1. The van der Waals surface area contributed by atoms with E-state index in [-0.39, 0.29) is 5.17 Å². The maximum Gasteiger partial charge on any atom is 0.151 e. The first-order valence-electron chi connectivity index (χ1n) is 3.36. The first kappa shape index (κ1) is 8.20. The molecule has 0 aromatic heterocycles. The number of nitrogens with two attached hydrogens (primary N) is 1. The fourth-order valence-electron chi connectivity index (χ4n) is 0.759. The highest BCUT2D eigenvalue weighted by Gasteiger charge is 1.98. The summed E-state index contributed by atoms with van der Waals surface area (Å²) in [5, 5.41) is 10.2. The van der Waals surface area contributed by atoms with Crippen LogP contribution < -0.4 is 11.1 Å². The molecular weight excluding hydrogens is 158 g/mol. The van der Waals surface area contributed by atoms with Crippen LogP contribution in [0.1, 0.15) is 6.42 Å². The Balaban J connectivity index is 2.26. The van der Waals surface area contributed by atoms with Gasteiger partial charge in [-0.05, 0) is 12.6 Å². The molecule has 0 radical (unpaired) electrons. The van der Waals surface area contributed by atoms with E-state index in [9.17, 15) is 0 Å². The van der Waals surface area contributed by atoms with Gasteiger partial charge in [0.05, 0.1) is 0 Å². The summed E-state index contributed by atoms with van der Waals surface area (Å²) in [5.74, 6) is 0.764. The van der Waals surface area contributed by atoms with E-state index in [2.05, 4.69) is 11.4 Å². The Kier molecular flexibility index (Phi) is 3.04. The Morgan fingerprint density at radius 3 is 3.18 bits per heavy atom. The Labute approximate surface area is 70.2 Å². The molecule has 0 aromatic carbocycles. The molecule has 0 spiro atoms. The highest BCUT2D eigenvalue weighted by Crippen LogP contribution is 2.08. The minimum absolute atomic E-state index is 0.169. The van der Waals surface area contributed by atoms with Crippen LogP contribution in [-0.2, 0) is 0 Å². The smallest absolute Gasteiger partial charge is 0.151 e. The molecule has 1 aliphatic rings. The monoisotopic (exact) mass is 169 g/mol. The highest BCUT2D eigenvalue weighted by molar-refractivity contribution is 8.13. The van der Waals surface area contributed by atoms with Crippen molar-refractivity contribution in [3.8, 4) is 0 Å². The predicted octanol–water partition coefficient (Wildman–Crippen LogP) is 1.00. The summed E-state index contributed by atoms with van der Waals surface area (Å²) >= 11 is 1.33. The van der Waals surface area contributed by atoms with Crippen LogP contribution in [0.15, 0.2) is 24.0 Å². The van der Waals surface area contributed by atoms with Gasteiger partial charge in [0.1, 0.15) is 0 Å².